The van der Waals surface area contributed by atoms with Gasteiger partial charge in [0.15, 0.2) is 0 Å². The average Bonchev–Trinajstić information content (AvgIpc) is 2.83. The molecule has 1 saturated heterocycles. The van der Waals surface area contributed by atoms with Crippen molar-refractivity contribution in [2.24, 2.45) is 0 Å². The summed E-state index contributed by atoms with van der Waals surface area (Å²) in [5, 5.41) is 4.78. The van der Waals surface area contributed by atoms with Crippen molar-refractivity contribution >= 4 is 23.2 Å². The Hall–Kier alpha value is -1.40. The zero-order chi connectivity index (χ0) is 13.0. The second kappa shape index (κ2) is 5.97. The molecule has 0 bridgehead atoms. The maximum absolute atomic E-state index is 11.7. The standard InChI is InChI=1S/C12H16N2O3S/c1-14-7-9(17-8-12(14)16)6-13-11(15)5-10-3-2-4-18-10/h2-4,9H,5-8H2,1H3,(H,13,15). The number of rotatable bonds is 4. The maximum atomic E-state index is 11.7. The van der Waals surface area contributed by atoms with Crippen molar-refractivity contribution in [1.82, 2.24) is 10.2 Å². The fraction of sp³-hybridized carbons (Fsp3) is 0.500. The van der Waals surface area contributed by atoms with E-state index < -0.39 is 0 Å². The van der Waals surface area contributed by atoms with Crippen LogP contribution in [0.5, 0.6) is 0 Å². The van der Waals surface area contributed by atoms with Crippen molar-refractivity contribution in [2.45, 2.75) is 12.5 Å². The molecule has 1 fully saturated rings. The predicted octanol–water partition coefficient (Wildman–Crippen LogP) is 0.264. The summed E-state index contributed by atoms with van der Waals surface area (Å²) in [6.07, 6.45) is 0.291. The van der Waals surface area contributed by atoms with Gasteiger partial charge in [0.05, 0.1) is 12.5 Å². The molecule has 1 N–H and O–H groups in total. The van der Waals surface area contributed by atoms with E-state index in [1.807, 2.05) is 17.5 Å². The van der Waals surface area contributed by atoms with Crippen molar-refractivity contribution in [2.75, 3.05) is 26.7 Å². The molecular weight excluding hydrogens is 252 g/mol. The van der Waals surface area contributed by atoms with Crippen LogP contribution < -0.4 is 5.32 Å². The quantitative estimate of drug-likeness (QED) is 0.852. The van der Waals surface area contributed by atoms with E-state index in [0.29, 0.717) is 19.5 Å². The number of carbonyl (C=O) groups is 2. The largest absolute Gasteiger partial charge is 0.365 e. The van der Waals surface area contributed by atoms with Gasteiger partial charge in [-0.25, -0.2) is 0 Å². The Morgan fingerprint density at radius 3 is 3.17 bits per heavy atom. The van der Waals surface area contributed by atoms with Crippen LogP contribution in [0.4, 0.5) is 0 Å². The van der Waals surface area contributed by atoms with Crippen LogP contribution in [0.3, 0.4) is 0 Å². The van der Waals surface area contributed by atoms with Gasteiger partial charge in [0.2, 0.25) is 11.8 Å². The summed E-state index contributed by atoms with van der Waals surface area (Å²) < 4.78 is 5.34. The molecule has 1 aromatic heterocycles. The Kier molecular flexibility index (Phi) is 4.33. The zero-order valence-corrected chi connectivity index (χ0v) is 11.0. The van der Waals surface area contributed by atoms with Gasteiger partial charge in [-0.2, -0.15) is 0 Å². The molecule has 0 radical (unpaired) electrons. The lowest BCUT2D eigenvalue weighted by Crippen LogP contribution is -2.48. The van der Waals surface area contributed by atoms with Gasteiger partial charge in [0.25, 0.3) is 0 Å². The topological polar surface area (TPSA) is 58.6 Å². The molecule has 2 heterocycles. The van der Waals surface area contributed by atoms with E-state index in [9.17, 15) is 9.59 Å². The first-order valence-electron chi connectivity index (χ1n) is 5.80. The van der Waals surface area contributed by atoms with E-state index in [2.05, 4.69) is 5.32 Å². The number of nitrogens with one attached hydrogen (secondary N) is 1. The summed E-state index contributed by atoms with van der Waals surface area (Å²) in [4.78, 5) is 25.5. The monoisotopic (exact) mass is 268 g/mol. The minimum Gasteiger partial charge on any atom is -0.365 e. The number of hydrogen-bond acceptors (Lipinski definition) is 4. The summed E-state index contributed by atoms with van der Waals surface area (Å²) >= 11 is 1.57. The number of amides is 2. The van der Waals surface area contributed by atoms with Gasteiger partial charge in [-0.05, 0) is 11.4 Å². The van der Waals surface area contributed by atoms with Gasteiger partial charge in [-0.1, -0.05) is 6.07 Å². The number of morpholine rings is 1. The van der Waals surface area contributed by atoms with E-state index in [1.165, 1.54) is 0 Å². The van der Waals surface area contributed by atoms with Crippen molar-refractivity contribution in [3.05, 3.63) is 22.4 Å². The Balaban J connectivity index is 1.71. The number of hydrogen-bond donors (Lipinski definition) is 1. The smallest absolute Gasteiger partial charge is 0.248 e. The molecule has 1 atom stereocenters. The van der Waals surface area contributed by atoms with Gasteiger partial charge < -0.3 is 15.0 Å². The van der Waals surface area contributed by atoms with Gasteiger partial charge in [0, 0.05) is 25.0 Å². The molecule has 6 heteroatoms. The van der Waals surface area contributed by atoms with Crippen LogP contribution in [0.25, 0.3) is 0 Å². The first kappa shape index (κ1) is 13.0. The molecule has 2 amide bonds. The van der Waals surface area contributed by atoms with Crippen molar-refractivity contribution in [1.29, 1.82) is 0 Å². The van der Waals surface area contributed by atoms with E-state index in [0.717, 1.165) is 4.88 Å². The summed E-state index contributed by atoms with van der Waals surface area (Å²) in [7, 11) is 1.74. The van der Waals surface area contributed by atoms with Crippen molar-refractivity contribution < 1.29 is 14.3 Å². The number of likely N-dealkylation sites (N-methyl/N-ethyl adjacent to an activating group) is 1. The minimum atomic E-state index is -0.111. The SMILES string of the molecule is CN1CC(CNC(=O)Cc2cccs2)OCC1=O. The van der Waals surface area contributed by atoms with E-state index in [-0.39, 0.29) is 24.5 Å². The van der Waals surface area contributed by atoms with E-state index in [4.69, 9.17) is 4.74 Å². The summed E-state index contributed by atoms with van der Waals surface area (Å²) in [5.41, 5.74) is 0. The van der Waals surface area contributed by atoms with Crippen LogP contribution >= 0.6 is 11.3 Å². The number of thiophene rings is 1. The molecule has 1 aliphatic rings. The third kappa shape index (κ3) is 3.54. The van der Waals surface area contributed by atoms with Crippen molar-refractivity contribution in [3.63, 3.8) is 0 Å². The molecule has 1 aromatic rings. The van der Waals surface area contributed by atoms with Crippen LogP contribution in [-0.2, 0) is 20.7 Å². The molecule has 18 heavy (non-hydrogen) atoms. The van der Waals surface area contributed by atoms with Gasteiger partial charge in [-0.15, -0.1) is 11.3 Å². The highest BCUT2D eigenvalue weighted by Gasteiger charge is 2.23. The lowest BCUT2D eigenvalue weighted by atomic mass is 10.2. The van der Waals surface area contributed by atoms with E-state index in [1.54, 1.807) is 23.3 Å². The third-order valence-corrected chi connectivity index (χ3v) is 3.66. The second-order valence-electron chi connectivity index (χ2n) is 4.27. The number of ether oxygens (including phenoxy) is 1. The first-order chi connectivity index (χ1) is 8.65. The Morgan fingerprint density at radius 2 is 2.50 bits per heavy atom. The molecule has 5 nitrogen and oxygen atoms in total. The fourth-order valence-electron chi connectivity index (χ4n) is 1.74. The van der Waals surface area contributed by atoms with Crippen LogP contribution in [0, 0.1) is 0 Å². The molecule has 1 unspecified atom stereocenters. The van der Waals surface area contributed by atoms with Crippen LogP contribution in [0.2, 0.25) is 0 Å². The molecule has 2 rings (SSSR count). The van der Waals surface area contributed by atoms with Crippen LogP contribution in [-0.4, -0.2) is 49.6 Å². The molecule has 0 aromatic carbocycles. The number of carbonyl (C=O) groups excluding carboxylic acids is 2. The fourth-order valence-corrected chi connectivity index (χ4v) is 2.45. The highest BCUT2D eigenvalue weighted by atomic mass is 32.1. The molecule has 98 valence electrons. The zero-order valence-electron chi connectivity index (χ0n) is 10.2. The third-order valence-electron chi connectivity index (χ3n) is 2.79. The molecular formula is C12H16N2O3S. The first-order valence-corrected chi connectivity index (χ1v) is 6.68. The highest BCUT2D eigenvalue weighted by molar-refractivity contribution is 7.10. The second-order valence-corrected chi connectivity index (χ2v) is 5.30. The summed E-state index contributed by atoms with van der Waals surface area (Å²) in [6, 6.07) is 3.87. The lowest BCUT2D eigenvalue weighted by molar-refractivity contribution is -0.146. The van der Waals surface area contributed by atoms with E-state index >= 15 is 0 Å². The Labute approximate surface area is 110 Å². The normalized spacial score (nSPS) is 19.9. The average molecular weight is 268 g/mol. The van der Waals surface area contributed by atoms with Gasteiger partial charge in [-0.3, -0.25) is 9.59 Å². The summed E-state index contributed by atoms with van der Waals surface area (Å²) in [5.74, 6) is -0.0308. The molecule has 0 aliphatic carbocycles. The van der Waals surface area contributed by atoms with Crippen LogP contribution in [0.15, 0.2) is 17.5 Å². The highest BCUT2D eigenvalue weighted by Crippen LogP contribution is 2.09. The molecule has 1 aliphatic heterocycles. The minimum absolute atomic E-state index is 0.0133. The predicted molar refractivity (Wildman–Crippen MR) is 68.4 cm³/mol. The lowest BCUT2D eigenvalue weighted by Gasteiger charge is -2.29. The van der Waals surface area contributed by atoms with Crippen molar-refractivity contribution in [3.8, 4) is 0 Å². The molecule has 0 saturated carbocycles. The Bertz CT molecular complexity index is 419. The molecule has 0 spiro atoms. The summed E-state index contributed by atoms with van der Waals surface area (Å²) in [6.45, 7) is 1.07. The Morgan fingerprint density at radius 1 is 1.67 bits per heavy atom. The van der Waals surface area contributed by atoms with Crippen LogP contribution in [0.1, 0.15) is 4.88 Å². The van der Waals surface area contributed by atoms with Gasteiger partial charge >= 0.3 is 0 Å². The van der Waals surface area contributed by atoms with Gasteiger partial charge in [0.1, 0.15) is 6.61 Å². The number of nitrogens with zero attached hydrogens (tertiary/aromatic N) is 1. The maximum Gasteiger partial charge on any atom is 0.248 e.